The molecule has 1 aliphatic rings. The second kappa shape index (κ2) is 9.66. The number of likely N-dealkylation sites (tertiary alicyclic amines) is 1. The van der Waals surface area contributed by atoms with E-state index in [4.69, 9.17) is 17.0 Å². The van der Waals surface area contributed by atoms with Crippen molar-refractivity contribution in [3.63, 3.8) is 0 Å². The molecule has 0 bridgehead atoms. The first kappa shape index (κ1) is 21.6. The smallest absolute Gasteiger partial charge is 0.257 e. The van der Waals surface area contributed by atoms with Crippen LogP contribution in [0, 0.1) is 5.41 Å². The summed E-state index contributed by atoms with van der Waals surface area (Å²) in [4.78, 5) is 27.6. The quantitative estimate of drug-likeness (QED) is 0.369. The lowest BCUT2D eigenvalue weighted by atomic mass is 10.1. The predicted molar refractivity (Wildman–Crippen MR) is 128 cm³/mol. The number of carbonyl (C=O) groups excluding carboxylic acids is 2. The SMILES string of the molecule is N=C(c1ccc(C(=O)Nc2ccccc2C(=O)Nc2ccc(Cl)cc2)cc1)N1CCCC1. The molecule has 32 heavy (non-hydrogen) atoms. The van der Waals surface area contributed by atoms with Crippen molar-refractivity contribution in [2.75, 3.05) is 23.7 Å². The monoisotopic (exact) mass is 446 g/mol. The van der Waals surface area contributed by atoms with Gasteiger partial charge in [0.15, 0.2) is 0 Å². The van der Waals surface area contributed by atoms with Crippen molar-refractivity contribution >= 4 is 40.6 Å². The number of nitrogens with zero attached hydrogens (tertiary/aromatic N) is 1. The lowest BCUT2D eigenvalue weighted by Crippen LogP contribution is -2.27. The lowest BCUT2D eigenvalue weighted by Gasteiger charge is -2.18. The Morgan fingerprint density at radius 3 is 2.09 bits per heavy atom. The van der Waals surface area contributed by atoms with E-state index in [0.717, 1.165) is 31.5 Å². The summed E-state index contributed by atoms with van der Waals surface area (Å²) >= 11 is 5.89. The summed E-state index contributed by atoms with van der Waals surface area (Å²) in [5.74, 6) is -0.174. The van der Waals surface area contributed by atoms with Crippen molar-refractivity contribution in [1.82, 2.24) is 4.90 Å². The van der Waals surface area contributed by atoms with Crippen LogP contribution in [0.2, 0.25) is 5.02 Å². The van der Waals surface area contributed by atoms with Crippen LogP contribution < -0.4 is 10.6 Å². The van der Waals surface area contributed by atoms with E-state index in [1.165, 1.54) is 0 Å². The minimum Gasteiger partial charge on any atom is -0.357 e. The third kappa shape index (κ3) is 4.98. The number of hydrogen-bond donors (Lipinski definition) is 3. The molecule has 3 aromatic rings. The molecule has 3 aromatic carbocycles. The lowest BCUT2D eigenvalue weighted by molar-refractivity contribution is 0.102. The zero-order valence-electron chi connectivity index (χ0n) is 17.4. The topological polar surface area (TPSA) is 85.3 Å². The average Bonchev–Trinajstić information content (AvgIpc) is 3.35. The van der Waals surface area contributed by atoms with Crippen molar-refractivity contribution < 1.29 is 9.59 Å². The summed E-state index contributed by atoms with van der Waals surface area (Å²) in [6.07, 6.45) is 2.21. The Bertz CT molecular complexity index is 1140. The zero-order valence-corrected chi connectivity index (χ0v) is 18.2. The molecule has 0 saturated carbocycles. The molecule has 0 spiro atoms. The van der Waals surface area contributed by atoms with Crippen molar-refractivity contribution in [1.29, 1.82) is 5.41 Å². The minimum absolute atomic E-state index is 0.323. The molecule has 0 aliphatic carbocycles. The maximum Gasteiger partial charge on any atom is 0.257 e. The molecule has 7 heteroatoms. The Morgan fingerprint density at radius 2 is 1.41 bits per heavy atom. The van der Waals surface area contributed by atoms with Crippen molar-refractivity contribution in [2.24, 2.45) is 0 Å². The highest BCUT2D eigenvalue weighted by Gasteiger charge is 2.18. The van der Waals surface area contributed by atoms with Crippen LogP contribution in [0.4, 0.5) is 11.4 Å². The summed E-state index contributed by atoms with van der Waals surface area (Å²) < 4.78 is 0. The van der Waals surface area contributed by atoms with Gasteiger partial charge in [-0.15, -0.1) is 0 Å². The van der Waals surface area contributed by atoms with E-state index in [1.807, 2.05) is 4.90 Å². The highest BCUT2D eigenvalue weighted by molar-refractivity contribution is 6.30. The summed E-state index contributed by atoms with van der Waals surface area (Å²) in [6.45, 7) is 1.80. The van der Waals surface area contributed by atoms with E-state index in [2.05, 4.69) is 10.6 Å². The van der Waals surface area contributed by atoms with Crippen LogP contribution in [-0.4, -0.2) is 35.6 Å². The van der Waals surface area contributed by atoms with Crippen LogP contribution in [0.15, 0.2) is 72.8 Å². The van der Waals surface area contributed by atoms with Crippen LogP contribution in [0.25, 0.3) is 0 Å². The second-order valence-corrected chi connectivity index (χ2v) is 8.02. The van der Waals surface area contributed by atoms with E-state index < -0.39 is 0 Å². The third-order valence-corrected chi connectivity index (χ3v) is 5.62. The molecule has 4 rings (SSSR count). The van der Waals surface area contributed by atoms with Gasteiger partial charge < -0.3 is 15.5 Å². The number of nitrogens with one attached hydrogen (secondary N) is 3. The summed E-state index contributed by atoms with van der Waals surface area (Å²) in [6, 6.07) is 20.6. The molecule has 0 atom stereocenters. The van der Waals surface area contributed by atoms with Gasteiger partial charge >= 0.3 is 0 Å². The van der Waals surface area contributed by atoms with Gasteiger partial charge in [-0.2, -0.15) is 0 Å². The number of para-hydroxylation sites is 1. The molecule has 0 radical (unpaired) electrons. The molecular formula is C25H23ClN4O2. The zero-order chi connectivity index (χ0) is 22.5. The number of hydrogen-bond acceptors (Lipinski definition) is 3. The maximum absolute atomic E-state index is 12.8. The van der Waals surface area contributed by atoms with Gasteiger partial charge in [-0.1, -0.05) is 35.9 Å². The van der Waals surface area contributed by atoms with Crippen molar-refractivity contribution in [2.45, 2.75) is 12.8 Å². The molecule has 6 nitrogen and oxygen atoms in total. The van der Waals surface area contributed by atoms with Gasteiger partial charge in [0.2, 0.25) is 0 Å². The van der Waals surface area contributed by atoms with Gasteiger partial charge in [0, 0.05) is 34.9 Å². The Balaban J connectivity index is 1.46. The van der Waals surface area contributed by atoms with Gasteiger partial charge in [0.25, 0.3) is 11.8 Å². The van der Waals surface area contributed by atoms with Crippen LogP contribution in [-0.2, 0) is 0 Å². The first-order chi connectivity index (χ1) is 15.5. The van der Waals surface area contributed by atoms with Crippen LogP contribution in [0.1, 0.15) is 39.1 Å². The van der Waals surface area contributed by atoms with Crippen LogP contribution in [0.3, 0.4) is 0 Å². The summed E-state index contributed by atoms with van der Waals surface area (Å²) in [5, 5.41) is 14.5. The molecule has 1 saturated heterocycles. The molecular weight excluding hydrogens is 424 g/mol. The first-order valence-electron chi connectivity index (χ1n) is 10.4. The van der Waals surface area contributed by atoms with E-state index in [1.54, 1.807) is 72.8 Å². The molecule has 162 valence electrons. The molecule has 1 aliphatic heterocycles. The average molecular weight is 447 g/mol. The van der Waals surface area contributed by atoms with Crippen molar-refractivity contribution in [3.8, 4) is 0 Å². The number of benzene rings is 3. The normalized spacial score (nSPS) is 13.0. The molecule has 1 fully saturated rings. The minimum atomic E-state index is -0.336. The predicted octanol–water partition coefficient (Wildman–Crippen LogP) is 5.27. The Morgan fingerprint density at radius 1 is 0.781 bits per heavy atom. The Hall–Kier alpha value is -3.64. The number of halogens is 1. The Kier molecular flexibility index (Phi) is 6.52. The number of rotatable bonds is 5. The number of carbonyl (C=O) groups is 2. The molecule has 0 unspecified atom stereocenters. The first-order valence-corrected chi connectivity index (χ1v) is 10.8. The van der Waals surface area contributed by atoms with Crippen molar-refractivity contribution in [3.05, 3.63) is 94.5 Å². The van der Waals surface area contributed by atoms with E-state index >= 15 is 0 Å². The van der Waals surface area contributed by atoms with Gasteiger partial charge in [-0.25, -0.2) is 0 Å². The molecule has 1 heterocycles. The largest absolute Gasteiger partial charge is 0.357 e. The Labute approximate surface area is 191 Å². The number of amidine groups is 1. The fourth-order valence-electron chi connectivity index (χ4n) is 3.62. The number of amides is 2. The van der Waals surface area contributed by atoms with Gasteiger partial charge in [0.05, 0.1) is 11.3 Å². The van der Waals surface area contributed by atoms with Gasteiger partial charge in [-0.3, -0.25) is 15.0 Å². The van der Waals surface area contributed by atoms with E-state index in [0.29, 0.717) is 33.4 Å². The second-order valence-electron chi connectivity index (χ2n) is 7.58. The highest BCUT2D eigenvalue weighted by Crippen LogP contribution is 2.20. The van der Waals surface area contributed by atoms with Crippen LogP contribution in [0.5, 0.6) is 0 Å². The summed E-state index contributed by atoms with van der Waals surface area (Å²) in [7, 11) is 0. The number of anilines is 2. The summed E-state index contributed by atoms with van der Waals surface area (Å²) in [5.41, 5.74) is 2.61. The standard InChI is InChI=1S/C25H23ClN4O2/c26-19-11-13-20(14-12-19)28-25(32)21-5-1-2-6-22(21)29-24(31)18-9-7-17(8-10-18)23(27)30-15-3-4-16-30/h1-2,5-14,27H,3-4,15-16H2,(H,28,32)(H,29,31). The molecule has 3 N–H and O–H groups in total. The third-order valence-electron chi connectivity index (χ3n) is 5.36. The molecule has 2 amide bonds. The molecule has 0 aromatic heterocycles. The van der Waals surface area contributed by atoms with E-state index in [-0.39, 0.29) is 11.8 Å². The highest BCUT2D eigenvalue weighted by atomic mass is 35.5. The fraction of sp³-hybridized carbons (Fsp3) is 0.160. The maximum atomic E-state index is 12.8. The van der Waals surface area contributed by atoms with Crippen LogP contribution >= 0.6 is 11.6 Å². The van der Waals surface area contributed by atoms with Gasteiger partial charge in [-0.05, 0) is 61.4 Å². The van der Waals surface area contributed by atoms with Gasteiger partial charge in [0.1, 0.15) is 5.84 Å². The fourth-order valence-corrected chi connectivity index (χ4v) is 3.75. The van der Waals surface area contributed by atoms with E-state index in [9.17, 15) is 9.59 Å².